The number of hydrogen-bond acceptors (Lipinski definition) is 4. The van der Waals surface area contributed by atoms with Crippen molar-refractivity contribution in [2.45, 2.75) is 52.2 Å². The van der Waals surface area contributed by atoms with Crippen LogP contribution in [0.5, 0.6) is 0 Å². The van der Waals surface area contributed by atoms with Gasteiger partial charge in [0.05, 0.1) is 11.9 Å². The van der Waals surface area contributed by atoms with E-state index in [1.807, 2.05) is 81.4 Å². The fraction of sp³-hybridized carbons (Fsp3) is 0.333. The van der Waals surface area contributed by atoms with Crippen LogP contribution in [-0.2, 0) is 32.6 Å². The molecule has 0 spiro atoms. The summed E-state index contributed by atoms with van der Waals surface area (Å²) in [5.74, 6) is -0.743. The highest BCUT2D eigenvalue weighted by atomic mass is 79.9. The number of carbonyl (C=O) groups is 2. The number of aryl methyl sites for hydroxylation is 1. The number of nitrogens with zero attached hydrogens (tertiary/aromatic N) is 2. The van der Waals surface area contributed by atoms with E-state index in [0.717, 1.165) is 38.1 Å². The standard InChI is InChI=1S/C30H36BrN3O4S/c1-5-23(3)32-30(36)28(19-24-12-8-6-9-13-24)33(20-25-14-10-7-11-15-25)29(35)21-34(39(4,37)38)26-16-17-27(31)22(2)18-26/h6-18,23,28H,5,19-21H2,1-4H3,(H,32,36). The minimum absolute atomic E-state index is 0.0808. The van der Waals surface area contributed by atoms with E-state index in [4.69, 9.17) is 0 Å². The van der Waals surface area contributed by atoms with Crippen molar-refractivity contribution in [1.29, 1.82) is 0 Å². The summed E-state index contributed by atoms with van der Waals surface area (Å²) in [7, 11) is -3.81. The summed E-state index contributed by atoms with van der Waals surface area (Å²) < 4.78 is 27.7. The third kappa shape index (κ3) is 8.66. The molecule has 3 aromatic rings. The van der Waals surface area contributed by atoms with Crippen LogP contribution in [0.25, 0.3) is 0 Å². The summed E-state index contributed by atoms with van der Waals surface area (Å²) in [5, 5.41) is 3.03. The van der Waals surface area contributed by atoms with Gasteiger partial charge in [0.25, 0.3) is 0 Å². The molecule has 0 saturated carbocycles. The van der Waals surface area contributed by atoms with Crippen molar-refractivity contribution in [2.24, 2.45) is 0 Å². The second-order valence-corrected chi connectivity index (χ2v) is 12.5. The van der Waals surface area contributed by atoms with E-state index in [1.54, 1.807) is 18.2 Å². The number of sulfonamides is 1. The van der Waals surface area contributed by atoms with E-state index in [0.29, 0.717) is 5.69 Å². The Kier molecular flexibility index (Phi) is 10.7. The normalized spacial score (nSPS) is 12.8. The summed E-state index contributed by atoms with van der Waals surface area (Å²) in [4.78, 5) is 29.2. The third-order valence-corrected chi connectivity index (χ3v) is 8.61. The van der Waals surface area contributed by atoms with Gasteiger partial charge in [-0.2, -0.15) is 0 Å². The first kappa shape index (κ1) is 30.4. The Morgan fingerprint density at radius 3 is 2.08 bits per heavy atom. The van der Waals surface area contributed by atoms with Crippen molar-refractivity contribution in [2.75, 3.05) is 17.1 Å². The number of hydrogen-bond donors (Lipinski definition) is 1. The first-order valence-corrected chi connectivity index (χ1v) is 15.5. The fourth-order valence-corrected chi connectivity index (χ4v) is 5.26. The van der Waals surface area contributed by atoms with E-state index >= 15 is 0 Å². The van der Waals surface area contributed by atoms with Crippen LogP contribution >= 0.6 is 15.9 Å². The van der Waals surface area contributed by atoms with Crippen molar-refractivity contribution in [3.8, 4) is 0 Å². The zero-order valence-corrected chi connectivity index (χ0v) is 25.2. The molecule has 0 radical (unpaired) electrons. The molecule has 0 heterocycles. The molecular formula is C30H36BrN3O4S. The van der Waals surface area contributed by atoms with Crippen LogP contribution in [0, 0.1) is 6.92 Å². The Morgan fingerprint density at radius 1 is 0.949 bits per heavy atom. The Bertz CT molecular complexity index is 1370. The molecule has 39 heavy (non-hydrogen) atoms. The SMILES string of the molecule is CCC(C)NC(=O)C(Cc1ccccc1)N(Cc1ccccc1)C(=O)CN(c1ccc(Br)c(C)c1)S(C)(=O)=O. The molecular weight excluding hydrogens is 578 g/mol. The molecule has 208 valence electrons. The highest BCUT2D eigenvalue weighted by molar-refractivity contribution is 9.10. The average molecular weight is 615 g/mol. The molecule has 0 aliphatic rings. The molecule has 3 aromatic carbocycles. The smallest absolute Gasteiger partial charge is 0.244 e. The zero-order valence-electron chi connectivity index (χ0n) is 22.8. The van der Waals surface area contributed by atoms with E-state index in [1.165, 1.54) is 4.90 Å². The predicted molar refractivity (Wildman–Crippen MR) is 160 cm³/mol. The van der Waals surface area contributed by atoms with E-state index in [2.05, 4.69) is 21.2 Å². The lowest BCUT2D eigenvalue weighted by molar-refractivity contribution is -0.140. The van der Waals surface area contributed by atoms with Crippen LogP contribution in [0.2, 0.25) is 0 Å². The number of amides is 2. The van der Waals surface area contributed by atoms with Crippen LogP contribution < -0.4 is 9.62 Å². The molecule has 9 heteroatoms. The maximum atomic E-state index is 14.1. The van der Waals surface area contributed by atoms with E-state index in [-0.39, 0.29) is 24.9 Å². The highest BCUT2D eigenvalue weighted by Gasteiger charge is 2.33. The highest BCUT2D eigenvalue weighted by Crippen LogP contribution is 2.25. The second kappa shape index (κ2) is 13.8. The van der Waals surface area contributed by atoms with Crippen LogP contribution in [0.4, 0.5) is 5.69 Å². The Morgan fingerprint density at radius 2 is 1.54 bits per heavy atom. The van der Waals surface area contributed by atoms with Gasteiger partial charge in [0.2, 0.25) is 21.8 Å². The average Bonchev–Trinajstić information content (AvgIpc) is 2.91. The van der Waals surface area contributed by atoms with Gasteiger partial charge in [-0.15, -0.1) is 0 Å². The number of nitrogens with one attached hydrogen (secondary N) is 1. The molecule has 3 rings (SSSR count). The Hall–Kier alpha value is -3.17. The molecule has 1 N–H and O–H groups in total. The quantitative estimate of drug-likeness (QED) is 0.309. The summed E-state index contributed by atoms with van der Waals surface area (Å²) in [6.45, 7) is 5.47. The van der Waals surface area contributed by atoms with Gasteiger partial charge >= 0.3 is 0 Å². The molecule has 2 amide bonds. The minimum atomic E-state index is -3.81. The van der Waals surface area contributed by atoms with Crippen LogP contribution in [0.3, 0.4) is 0 Å². The summed E-state index contributed by atoms with van der Waals surface area (Å²) in [5.41, 5.74) is 2.96. The van der Waals surface area contributed by atoms with Gasteiger partial charge in [-0.1, -0.05) is 83.5 Å². The first-order chi connectivity index (χ1) is 18.5. The van der Waals surface area contributed by atoms with Crippen molar-refractivity contribution in [1.82, 2.24) is 10.2 Å². The van der Waals surface area contributed by atoms with Crippen LogP contribution in [0.1, 0.15) is 37.0 Å². The number of anilines is 1. The van der Waals surface area contributed by atoms with Crippen LogP contribution in [0.15, 0.2) is 83.3 Å². The summed E-state index contributed by atoms with van der Waals surface area (Å²) in [6, 6.07) is 23.1. The maximum absolute atomic E-state index is 14.1. The second-order valence-electron chi connectivity index (χ2n) is 9.73. The van der Waals surface area contributed by atoms with Crippen molar-refractivity contribution in [3.05, 3.63) is 100 Å². The molecule has 2 atom stereocenters. The lowest BCUT2D eigenvalue weighted by Gasteiger charge is -2.34. The van der Waals surface area contributed by atoms with Crippen molar-refractivity contribution < 1.29 is 18.0 Å². The Labute approximate surface area is 240 Å². The van der Waals surface area contributed by atoms with Crippen molar-refractivity contribution >= 4 is 43.5 Å². The minimum Gasteiger partial charge on any atom is -0.352 e. The molecule has 0 fully saturated rings. The molecule has 0 aliphatic carbocycles. The van der Waals surface area contributed by atoms with E-state index in [9.17, 15) is 18.0 Å². The third-order valence-electron chi connectivity index (χ3n) is 6.58. The maximum Gasteiger partial charge on any atom is 0.244 e. The van der Waals surface area contributed by atoms with E-state index < -0.39 is 28.5 Å². The van der Waals surface area contributed by atoms with Gasteiger partial charge in [-0.25, -0.2) is 8.42 Å². The zero-order chi connectivity index (χ0) is 28.6. The molecule has 0 aliphatic heterocycles. The lowest BCUT2D eigenvalue weighted by Crippen LogP contribution is -2.54. The molecule has 2 unspecified atom stereocenters. The molecule has 0 aromatic heterocycles. The topological polar surface area (TPSA) is 86.8 Å². The van der Waals surface area contributed by atoms with Gasteiger partial charge in [-0.05, 0) is 55.2 Å². The first-order valence-electron chi connectivity index (χ1n) is 12.9. The number of carbonyl (C=O) groups excluding carboxylic acids is 2. The number of benzene rings is 3. The monoisotopic (exact) mass is 613 g/mol. The predicted octanol–water partition coefficient (Wildman–Crippen LogP) is 5.08. The van der Waals surface area contributed by atoms with Gasteiger partial charge < -0.3 is 10.2 Å². The molecule has 0 bridgehead atoms. The number of rotatable bonds is 12. The van der Waals surface area contributed by atoms with Gasteiger partial charge in [0, 0.05) is 23.5 Å². The van der Waals surface area contributed by atoms with Crippen molar-refractivity contribution in [3.63, 3.8) is 0 Å². The van der Waals surface area contributed by atoms with Crippen LogP contribution in [-0.4, -0.2) is 50.0 Å². The fourth-order valence-electron chi connectivity index (χ4n) is 4.17. The van der Waals surface area contributed by atoms with Gasteiger partial charge in [0.15, 0.2) is 0 Å². The summed E-state index contributed by atoms with van der Waals surface area (Å²) >= 11 is 3.44. The lowest BCUT2D eigenvalue weighted by atomic mass is 10.0. The van der Waals surface area contributed by atoms with Gasteiger partial charge in [-0.3, -0.25) is 13.9 Å². The number of halogens is 1. The molecule has 7 nitrogen and oxygen atoms in total. The molecule has 0 saturated heterocycles. The summed E-state index contributed by atoms with van der Waals surface area (Å²) in [6.07, 6.45) is 2.11. The largest absolute Gasteiger partial charge is 0.352 e. The Balaban J connectivity index is 2.05. The van der Waals surface area contributed by atoms with Gasteiger partial charge in [0.1, 0.15) is 12.6 Å².